The van der Waals surface area contributed by atoms with Crippen molar-refractivity contribution in [1.82, 2.24) is 4.98 Å². The van der Waals surface area contributed by atoms with Gasteiger partial charge in [0, 0.05) is 12.2 Å². The second kappa shape index (κ2) is 3.21. The van der Waals surface area contributed by atoms with Crippen LogP contribution in [0, 0.1) is 22.2 Å². The molecule has 84 valence electrons. The Morgan fingerprint density at radius 1 is 1.25 bits per heavy atom. The number of rotatable bonds is 2. The third-order valence-electron chi connectivity index (χ3n) is 4.21. The van der Waals surface area contributed by atoms with Gasteiger partial charge in [-0.1, -0.05) is 27.7 Å². The van der Waals surface area contributed by atoms with E-state index in [4.69, 9.17) is 5.26 Å². The van der Waals surface area contributed by atoms with Crippen LogP contribution in [-0.4, -0.2) is 11.0 Å². The molecule has 0 saturated heterocycles. The summed E-state index contributed by atoms with van der Waals surface area (Å²) in [5, 5.41) is 12.1. The van der Waals surface area contributed by atoms with Crippen LogP contribution < -0.4 is 5.32 Å². The van der Waals surface area contributed by atoms with E-state index in [-0.39, 0.29) is 0 Å². The summed E-state index contributed by atoms with van der Waals surface area (Å²) >= 11 is 0. The van der Waals surface area contributed by atoms with E-state index < -0.39 is 0 Å². The van der Waals surface area contributed by atoms with Crippen molar-refractivity contribution >= 4 is 5.82 Å². The van der Waals surface area contributed by atoms with Crippen molar-refractivity contribution in [3.8, 4) is 6.07 Å². The van der Waals surface area contributed by atoms with Crippen molar-refractivity contribution < 1.29 is 0 Å². The summed E-state index contributed by atoms with van der Waals surface area (Å²) in [6.45, 7) is 9.03. The molecular weight excluding hydrogens is 198 g/mol. The lowest BCUT2D eigenvalue weighted by Crippen LogP contribution is -2.11. The molecule has 0 unspecified atom stereocenters. The van der Waals surface area contributed by atoms with Crippen molar-refractivity contribution in [2.75, 3.05) is 5.32 Å². The Morgan fingerprint density at radius 3 is 2.25 bits per heavy atom. The fourth-order valence-electron chi connectivity index (χ4n) is 2.25. The van der Waals surface area contributed by atoms with E-state index in [9.17, 15) is 0 Å². The third kappa shape index (κ3) is 1.46. The third-order valence-corrected chi connectivity index (χ3v) is 4.21. The van der Waals surface area contributed by atoms with E-state index in [0.717, 1.165) is 5.82 Å². The molecule has 1 fully saturated rings. The van der Waals surface area contributed by atoms with Gasteiger partial charge in [-0.15, -0.1) is 0 Å². The molecule has 0 atom stereocenters. The molecule has 3 nitrogen and oxygen atoms in total. The van der Waals surface area contributed by atoms with Crippen molar-refractivity contribution in [1.29, 1.82) is 5.26 Å². The highest BCUT2D eigenvalue weighted by molar-refractivity contribution is 5.44. The van der Waals surface area contributed by atoms with E-state index in [1.807, 2.05) is 6.07 Å². The van der Waals surface area contributed by atoms with Gasteiger partial charge in [0.1, 0.15) is 11.9 Å². The summed E-state index contributed by atoms with van der Waals surface area (Å²) in [5.41, 5.74) is 1.19. The smallest absolute Gasteiger partial charge is 0.126 e. The Labute approximate surface area is 96.5 Å². The van der Waals surface area contributed by atoms with Crippen molar-refractivity contribution in [3.05, 3.63) is 23.9 Å². The molecular formula is C13H17N3. The molecule has 0 amide bonds. The first-order valence-corrected chi connectivity index (χ1v) is 5.52. The second-order valence-corrected chi connectivity index (χ2v) is 5.56. The first kappa shape index (κ1) is 10.9. The van der Waals surface area contributed by atoms with Gasteiger partial charge in [0.05, 0.1) is 5.56 Å². The summed E-state index contributed by atoms with van der Waals surface area (Å²) in [7, 11) is 0. The van der Waals surface area contributed by atoms with Gasteiger partial charge in [0.2, 0.25) is 0 Å². The van der Waals surface area contributed by atoms with Gasteiger partial charge in [-0.3, -0.25) is 0 Å². The number of hydrogen-bond donors (Lipinski definition) is 1. The minimum Gasteiger partial charge on any atom is -0.366 e. The molecule has 0 aromatic carbocycles. The zero-order valence-electron chi connectivity index (χ0n) is 10.2. The van der Waals surface area contributed by atoms with Crippen LogP contribution in [0.2, 0.25) is 0 Å². The predicted octanol–water partition coefficient (Wildman–Crippen LogP) is 2.80. The summed E-state index contributed by atoms with van der Waals surface area (Å²) < 4.78 is 0. The number of nitriles is 1. The molecule has 16 heavy (non-hydrogen) atoms. The molecule has 1 N–H and O–H groups in total. The number of nitrogens with zero attached hydrogens (tertiary/aromatic N) is 2. The summed E-state index contributed by atoms with van der Waals surface area (Å²) in [4.78, 5) is 4.23. The lowest BCUT2D eigenvalue weighted by Gasteiger charge is -2.06. The lowest BCUT2D eigenvalue weighted by molar-refractivity contribution is 0.457. The normalized spacial score (nSPS) is 21.2. The molecule has 0 radical (unpaired) electrons. The molecule has 0 bridgehead atoms. The Hall–Kier alpha value is -1.56. The van der Waals surface area contributed by atoms with E-state index in [1.165, 1.54) is 0 Å². The average molecular weight is 215 g/mol. The van der Waals surface area contributed by atoms with E-state index in [1.54, 1.807) is 12.3 Å². The Bertz CT molecular complexity index is 423. The highest BCUT2D eigenvalue weighted by atomic mass is 15.1. The quantitative estimate of drug-likeness (QED) is 0.825. The minimum atomic E-state index is 0.294. The van der Waals surface area contributed by atoms with Crippen LogP contribution in [-0.2, 0) is 0 Å². The Morgan fingerprint density at radius 2 is 1.88 bits per heavy atom. The molecule has 2 rings (SSSR count). The number of anilines is 1. The van der Waals surface area contributed by atoms with Crippen molar-refractivity contribution in [2.24, 2.45) is 10.8 Å². The average Bonchev–Trinajstić information content (AvgIpc) is 2.62. The molecule has 0 aliphatic heterocycles. The van der Waals surface area contributed by atoms with Crippen LogP contribution in [0.25, 0.3) is 0 Å². The van der Waals surface area contributed by atoms with Gasteiger partial charge in [-0.2, -0.15) is 5.26 Å². The van der Waals surface area contributed by atoms with Gasteiger partial charge < -0.3 is 5.32 Å². The van der Waals surface area contributed by atoms with Gasteiger partial charge in [-0.25, -0.2) is 4.98 Å². The molecule has 1 saturated carbocycles. The summed E-state index contributed by atoms with van der Waals surface area (Å²) in [6, 6.07) is 6.16. The van der Waals surface area contributed by atoms with Crippen molar-refractivity contribution in [2.45, 2.75) is 33.7 Å². The van der Waals surface area contributed by atoms with Crippen LogP contribution in [0.1, 0.15) is 33.3 Å². The number of aromatic nitrogens is 1. The lowest BCUT2D eigenvalue weighted by atomic mass is 10.0. The zero-order valence-corrected chi connectivity index (χ0v) is 10.2. The zero-order chi connectivity index (χ0) is 12.0. The van der Waals surface area contributed by atoms with E-state index >= 15 is 0 Å². The van der Waals surface area contributed by atoms with E-state index in [0.29, 0.717) is 22.4 Å². The van der Waals surface area contributed by atoms with Crippen LogP contribution in [0.4, 0.5) is 5.82 Å². The van der Waals surface area contributed by atoms with Gasteiger partial charge in [0.25, 0.3) is 0 Å². The van der Waals surface area contributed by atoms with Crippen LogP contribution in [0.15, 0.2) is 18.3 Å². The topological polar surface area (TPSA) is 48.7 Å². The second-order valence-electron chi connectivity index (χ2n) is 5.56. The molecule has 3 heteroatoms. The maximum atomic E-state index is 8.68. The molecule has 1 heterocycles. The SMILES string of the molecule is CC1(C)C(Nc2ccc(C#N)cn2)C1(C)C. The first-order valence-electron chi connectivity index (χ1n) is 5.52. The van der Waals surface area contributed by atoms with Crippen LogP contribution in [0.5, 0.6) is 0 Å². The Kier molecular flexibility index (Phi) is 2.20. The molecule has 1 aliphatic rings. The summed E-state index contributed by atoms with van der Waals surface area (Å²) in [5.74, 6) is 0.850. The maximum Gasteiger partial charge on any atom is 0.126 e. The predicted molar refractivity (Wildman–Crippen MR) is 63.9 cm³/mol. The highest BCUT2D eigenvalue weighted by Gasteiger charge is 2.65. The largest absolute Gasteiger partial charge is 0.366 e. The first-order chi connectivity index (χ1) is 7.39. The summed E-state index contributed by atoms with van der Waals surface area (Å²) in [6.07, 6.45) is 1.60. The van der Waals surface area contributed by atoms with Gasteiger partial charge in [0.15, 0.2) is 0 Å². The minimum absolute atomic E-state index is 0.294. The van der Waals surface area contributed by atoms with Crippen LogP contribution >= 0.6 is 0 Å². The Balaban J connectivity index is 2.10. The number of hydrogen-bond acceptors (Lipinski definition) is 3. The van der Waals surface area contributed by atoms with Gasteiger partial charge in [-0.05, 0) is 23.0 Å². The highest BCUT2D eigenvalue weighted by Crippen LogP contribution is 2.63. The fraction of sp³-hybridized carbons (Fsp3) is 0.538. The molecule has 1 aliphatic carbocycles. The molecule has 1 aromatic heterocycles. The van der Waals surface area contributed by atoms with Crippen LogP contribution in [0.3, 0.4) is 0 Å². The van der Waals surface area contributed by atoms with Crippen molar-refractivity contribution in [3.63, 3.8) is 0 Å². The van der Waals surface area contributed by atoms with Gasteiger partial charge >= 0.3 is 0 Å². The standard InChI is InChI=1S/C13H17N3/c1-12(2)11(13(12,3)4)16-10-6-5-9(7-14)8-15-10/h5-6,8,11H,1-4H3,(H,15,16). The number of nitrogens with one attached hydrogen (secondary N) is 1. The molecule has 1 aromatic rings. The number of pyridine rings is 1. The fourth-order valence-corrected chi connectivity index (χ4v) is 2.25. The maximum absolute atomic E-state index is 8.68. The van der Waals surface area contributed by atoms with E-state index in [2.05, 4.69) is 44.1 Å². The molecule has 0 spiro atoms. The monoisotopic (exact) mass is 215 g/mol.